The molecular formula is C5H9N3Os. The van der Waals surface area contributed by atoms with Gasteiger partial charge in [0.15, 0.2) is 0 Å². The summed E-state index contributed by atoms with van der Waals surface area (Å²) in [6, 6.07) is 0. The number of nitrogens with two attached hydrogens (primary N) is 1. The van der Waals surface area contributed by atoms with Crippen molar-refractivity contribution < 1.29 is 19.8 Å². The third-order valence-electron chi connectivity index (χ3n) is 0.969. The summed E-state index contributed by atoms with van der Waals surface area (Å²) in [5, 5.41) is 0. The maximum atomic E-state index is 5.27. The quantitative estimate of drug-likeness (QED) is 0.802. The molecule has 0 unspecified atom stereocenters. The number of nitrogens with one attached hydrogen (secondary N) is 1. The Bertz CT molecular complexity index is 138. The van der Waals surface area contributed by atoms with Crippen molar-refractivity contribution in [2.75, 3.05) is 6.54 Å². The van der Waals surface area contributed by atoms with Crippen LogP contribution in [0.4, 0.5) is 0 Å². The van der Waals surface area contributed by atoms with Gasteiger partial charge in [-0.15, -0.1) is 0 Å². The summed E-state index contributed by atoms with van der Waals surface area (Å²) < 4.78 is 0. The molecule has 0 bridgehead atoms. The van der Waals surface area contributed by atoms with Gasteiger partial charge in [-0.2, -0.15) is 0 Å². The van der Waals surface area contributed by atoms with Crippen LogP contribution < -0.4 is 5.73 Å². The molecule has 0 amide bonds. The summed E-state index contributed by atoms with van der Waals surface area (Å²) in [5.41, 5.74) is 6.38. The summed E-state index contributed by atoms with van der Waals surface area (Å²) >= 11 is 0. The van der Waals surface area contributed by atoms with Crippen molar-refractivity contribution in [3.05, 3.63) is 18.2 Å². The number of aromatic nitrogens is 2. The molecule has 0 aliphatic rings. The van der Waals surface area contributed by atoms with Gasteiger partial charge >= 0.3 is 0 Å². The van der Waals surface area contributed by atoms with Crippen molar-refractivity contribution in [2.24, 2.45) is 5.73 Å². The van der Waals surface area contributed by atoms with Crippen molar-refractivity contribution in [1.82, 2.24) is 9.97 Å². The monoisotopic (exact) mass is 303 g/mol. The van der Waals surface area contributed by atoms with E-state index in [0.717, 1.165) is 12.1 Å². The number of rotatable bonds is 2. The van der Waals surface area contributed by atoms with Crippen molar-refractivity contribution in [1.29, 1.82) is 0 Å². The standard InChI is InChI=1S/C5H9N3.Os/c6-2-1-5-3-7-4-8-5;/h3-4H,1-2,6H2,(H,7,8);. The molecule has 4 heteroatoms. The average molecular weight is 301 g/mol. The van der Waals surface area contributed by atoms with Gasteiger partial charge in [0, 0.05) is 38.1 Å². The van der Waals surface area contributed by atoms with Crippen LogP contribution in [0.15, 0.2) is 12.5 Å². The zero-order valence-electron chi connectivity index (χ0n) is 4.95. The number of hydrogen-bond acceptors (Lipinski definition) is 2. The smallest absolute Gasteiger partial charge is 0.0921 e. The van der Waals surface area contributed by atoms with E-state index < -0.39 is 0 Å². The molecule has 1 aromatic heterocycles. The van der Waals surface area contributed by atoms with Crippen LogP contribution in [0.5, 0.6) is 0 Å². The zero-order chi connectivity index (χ0) is 5.82. The molecule has 0 saturated carbocycles. The first-order chi connectivity index (χ1) is 3.93. The molecule has 9 heavy (non-hydrogen) atoms. The normalized spacial score (nSPS) is 8.56. The van der Waals surface area contributed by atoms with Crippen LogP contribution in [0.3, 0.4) is 0 Å². The number of nitrogens with zero attached hydrogens (tertiary/aromatic N) is 1. The Hall–Kier alpha value is -0.194. The molecule has 0 aromatic carbocycles. The minimum Gasteiger partial charge on any atom is -0.348 e. The Morgan fingerprint density at radius 1 is 1.67 bits per heavy atom. The second-order valence-electron chi connectivity index (χ2n) is 1.62. The van der Waals surface area contributed by atoms with Crippen LogP contribution in [-0.4, -0.2) is 16.5 Å². The topological polar surface area (TPSA) is 54.7 Å². The Balaban J connectivity index is 0.000000640. The number of hydrogen-bond donors (Lipinski definition) is 2. The van der Waals surface area contributed by atoms with Crippen molar-refractivity contribution >= 4 is 0 Å². The largest absolute Gasteiger partial charge is 0.348 e. The molecule has 0 atom stereocenters. The number of aromatic amines is 1. The van der Waals surface area contributed by atoms with E-state index >= 15 is 0 Å². The van der Waals surface area contributed by atoms with Gasteiger partial charge in [-0.25, -0.2) is 4.98 Å². The Labute approximate surface area is 67.1 Å². The first-order valence-electron chi connectivity index (χ1n) is 2.61. The van der Waals surface area contributed by atoms with E-state index in [2.05, 4.69) is 9.97 Å². The summed E-state index contributed by atoms with van der Waals surface area (Å²) in [6.07, 6.45) is 4.33. The van der Waals surface area contributed by atoms with Crippen LogP contribution >= 0.6 is 0 Å². The van der Waals surface area contributed by atoms with Crippen molar-refractivity contribution in [2.45, 2.75) is 6.42 Å². The Morgan fingerprint density at radius 3 is 2.89 bits per heavy atom. The van der Waals surface area contributed by atoms with Crippen molar-refractivity contribution in [3.8, 4) is 0 Å². The molecule has 0 radical (unpaired) electrons. The predicted molar refractivity (Wildman–Crippen MR) is 31.3 cm³/mol. The molecule has 1 aromatic rings. The molecule has 3 N–H and O–H groups in total. The van der Waals surface area contributed by atoms with E-state index in [0.29, 0.717) is 6.54 Å². The van der Waals surface area contributed by atoms with E-state index in [-0.39, 0.29) is 19.8 Å². The molecule has 0 saturated heterocycles. The summed E-state index contributed by atoms with van der Waals surface area (Å²) in [6.45, 7) is 0.683. The van der Waals surface area contributed by atoms with Crippen LogP contribution in [0.25, 0.3) is 0 Å². The van der Waals surface area contributed by atoms with Crippen LogP contribution in [0.1, 0.15) is 5.69 Å². The fourth-order valence-electron chi connectivity index (χ4n) is 0.577. The third-order valence-corrected chi connectivity index (χ3v) is 0.969. The van der Waals surface area contributed by atoms with Crippen LogP contribution in [0.2, 0.25) is 0 Å². The van der Waals surface area contributed by atoms with Gasteiger partial charge in [0.2, 0.25) is 0 Å². The van der Waals surface area contributed by atoms with E-state index in [1.807, 2.05) is 0 Å². The van der Waals surface area contributed by atoms with Gasteiger partial charge in [-0.1, -0.05) is 0 Å². The van der Waals surface area contributed by atoms with Gasteiger partial charge in [0.05, 0.1) is 6.33 Å². The fraction of sp³-hybridized carbons (Fsp3) is 0.400. The maximum Gasteiger partial charge on any atom is 0.0921 e. The minimum absolute atomic E-state index is 0. The second kappa shape index (κ2) is 4.66. The van der Waals surface area contributed by atoms with Gasteiger partial charge in [0.1, 0.15) is 0 Å². The molecule has 0 aliphatic heterocycles. The fourth-order valence-corrected chi connectivity index (χ4v) is 0.577. The summed E-state index contributed by atoms with van der Waals surface area (Å²) in [4.78, 5) is 6.78. The van der Waals surface area contributed by atoms with E-state index in [1.54, 1.807) is 12.5 Å². The summed E-state index contributed by atoms with van der Waals surface area (Å²) in [5.74, 6) is 0. The Morgan fingerprint density at radius 2 is 2.44 bits per heavy atom. The molecule has 1 heterocycles. The zero-order valence-corrected chi connectivity index (χ0v) is 7.49. The third kappa shape index (κ3) is 2.74. The van der Waals surface area contributed by atoms with Gasteiger partial charge in [0.25, 0.3) is 0 Å². The maximum absolute atomic E-state index is 5.27. The van der Waals surface area contributed by atoms with Crippen LogP contribution in [0, 0.1) is 0 Å². The first-order valence-corrected chi connectivity index (χ1v) is 2.61. The molecule has 0 aliphatic carbocycles. The molecule has 3 nitrogen and oxygen atoms in total. The molecule has 52 valence electrons. The van der Waals surface area contributed by atoms with E-state index in [9.17, 15) is 0 Å². The number of H-pyrrole nitrogens is 1. The molecule has 0 fully saturated rings. The second-order valence-corrected chi connectivity index (χ2v) is 1.62. The average Bonchev–Trinajstić information content (AvgIpc) is 2.19. The summed E-state index contributed by atoms with van der Waals surface area (Å²) in [7, 11) is 0. The van der Waals surface area contributed by atoms with E-state index in [1.165, 1.54) is 0 Å². The number of imidazole rings is 1. The molecule has 0 spiro atoms. The molecule has 1 rings (SSSR count). The molecular weight excluding hydrogens is 292 g/mol. The van der Waals surface area contributed by atoms with Gasteiger partial charge in [-0.05, 0) is 6.54 Å². The minimum atomic E-state index is 0. The van der Waals surface area contributed by atoms with Crippen molar-refractivity contribution in [3.63, 3.8) is 0 Å². The van der Waals surface area contributed by atoms with Gasteiger partial charge in [-0.3, -0.25) is 0 Å². The SMILES string of the molecule is NCCc1cnc[nH]1.[Os]. The van der Waals surface area contributed by atoms with Crippen LogP contribution in [-0.2, 0) is 26.2 Å². The Kier molecular flexibility index (Phi) is 4.56. The van der Waals surface area contributed by atoms with E-state index in [4.69, 9.17) is 5.73 Å². The predicted octanol–water partition coefficient (Wildman–Crippen LogP) is -0.0916. The first kappa shape index (κ1) is 8.81. The van der Waals surface area contributed by atoms with Gasteiger partial charge < -0.3 is 10.7 Å².